The summed E-state index contributed by atoms with van der Waals surface area (Å²) in [5.41, 5.74) is 35.7. The molecule has 3 N–H and O–H groups in total. The first-order valence-corrected chi connectivity index (χ1v) is 37.3. The average molecular weight is 1440 g/mol. The van der Waals surface area contributed by atoms with Crippen LogP contribution in [0.5, 0.6) is 5.75 Å². The molecule has 14 aromatic carbocycles. The van der Waals surface area contributed by atoms with E-state index in [1.165, 1.54) is 151 Å². The second-order valence-corrected chi connectivity index (χ2v) is 31.2. The maximum atomic E-state index is 11.2. The van der Waals surface area contributed by atoms with Gasteiger partial charge in [-0.1, -0.05) is 290 Å². The molecule has 0 saturated carbocycles. The van der Waals surface area contributed by atoms with Crippen LogP contribution in [-0.2, 0) is 26.5 Å². The van der Waals surface area contributed by atoms with E-state index in [9.17, 15) is 4.79 Å². The Morgan fingerprint density at radius 1 is 0.340 bits per heavy atom. The van der Waals surface area contributed by atoms with E-state index in [0.717, 1.165) is 34.8 Å². The summed E-state index contributed by atoms with van der Waals surface area (Å²) in [7, 11) is 0.719. The van der Waals surface area contributed by atoms with Gasteiger partial charge in [0.1, 0.15) is 5.75 Å². The van der Waals surface area contributed by atoms with Crippen molar-refractivity contribution in [1.82, 2.24) is 4.57 Å². The molecule has 0 aliphatic heterocycles. The SMILES string of the molecule is CC(=O)Nc1ccc(-c2ccc3c(c2)C(C)(C)c2ccccc2-3)cc1.CC1(C)c2ccccc2-c2ccc(-c3ccc(Br)cc3)cc21.CC1(C)c2ccccc2-c2ccc(Nc3ccc(-c4ccc(-n5c6ccccc6c6ccccc65)cc4)cc3)cc21.CC1(C)c2ccccc2-c2ccc(O[B]O)cc21. The fourth-order valence-electron chi connectivity index (χ4n) is 16.9. The Morgan fingerprint density at radius 3 is 1.09 bits per heavy atom. The van der Waals surface area contributed by atoms with Crippen molar-refractivity contribution in [1.29, 1.82) is 0 Å². The van der Waals surface area contributed by atoms with Crippen molar-refractivity contribution in [2.45, 2.75) is 84.0 Å². The van der Waals surface area contributed by atoms with Crippen molar-refractivity contribution in [2.75, 3.05) is 10.6 Å². The number of anilines is 3. The first-order chi connectivity index (χ1) is 51.3. The number of benzene rings is 14. The van der Waals surface area contributed by atoms with Gasteiger partial charge in [0.05, 0.1) is 11.0 Å². The third kappa shape index (κ3) is 12.4. The van der Waals surface area contributed by atoms with Gasteiger partial charge in [-0.15, -0.1) is 0 Å². The zero-order valence-corrected chi connectivity index (χ0v) is 62.8. The first-order valence-electron chi connectivity index (χ1n) is 36.5. The molecule has 106 heavy (non-hydrogen) atoms. The summed E-state index contributed by atoms with van der Waals surface area (Å²) in [5, 5.41) is 17.7. The molecule has 6 nitrogen and oxygen atoms in total. The Bertz CT molecular complexity index is 5830. The van der Waals surface area contributed by atoms with Crippen LogP contribution < -0.4 is 15.3 Å². The number of aromatic nitrogens is 1. The number of rotatable bonds is 9. The van der Waals surface area contributed by atoms with Gasteiger partial charge in [0, 0.05) is 66.6 Å². The van der Waals surface area contributed by atoms with E-state index in [0.29, 0.717) is 5.75 Å². The molecule has 1 amide bonds. The van der Waals surface area contributed by atoms with E-state index in [-0.39, 0.29) is 27.6 Å². The Balaban J connectivity index is 0.000000115. The maximum absolute atomic E-state index is 11.2. The van der Waals surface area contributed by atoms with E-state index in [4.69, 9.17) is 9.68 Å². The molecule has 0 saturated heterocycles. The lowest BCUT2D eigenvalue weighted by molar-refractivity contribution is -0.114. The second kappa shape index (κ2) is 27.5. The van der Waals surface area contributed by atoms with Gasteiger partial charge in [-0.2, -0.15) is 0 Å². The second-order valence-electron chi connectivity index (χ2n) is 30.3. The number of hydrogen-bond donors (Lipinski definition) is 3. The minimum absolute atomic E-state index is 0.00113. The Morgan fingerprint density at radius 2 is 0.660 bits per heavy atom. The fourth-order valence-corrected chi connectivity index (χ4v) is 17.1. The summed E-state index contributed by atoms with van der Waals surface area (Å²) in [5.74, 6) is 0.613. The van der Waals surface area contributed by atoms with E-state index in [2.05, 4.69) is 378 Å². The zero-order chi connectivity index (χ0) is 73.2. The number of fused-ring (bicyclic) bond motifs is 15. The molecular formula is C98H82BBrN3O3. The average Bonchev–Trinajstić information content (AvgIpc) is 1.63. The van der Waals surface area contributed by atoms with Gasteiger partial charge in [0.25, 0.3) is 0 Å². The smallest absolute Gasteiger partial charge is 0.537 e. The summed E-state index contributed by atoms with van der Waals surface area (Å²) in [6.45, 7) is 19.8. The van der Waals surface area contributed by atoms with Crippen molar-refractivity contribution < 1.29 is 14.5 Å². The summed E-state index contributed by atoms with van der Waals surface area (Å²) < 4.78 is 8.53. The number of nitrogens with one attached hydrogen (secondary N) is 2. The highest BCUT2D eigenvalue weighted by molar-refractivity contribution is 9.10. The van der Waals surface area contributed by atoms with Crippen molar-refractivity contribution in [3.05, 3.63) is 364 Å². The first kappa shape index (κ1) is 68.9. The molecule has 19 rings (SSSR count). The van der Waals surface area contributed by atoms with E-state index in [1.807, 2.05) is 24.3 Å². The monoisotopic (exact) mass is 1440 g/mol. The normalized spacial score (nSPS) is 14.0. The van der Waals surface area contributed by atoms with Crippen molar-refractivity contribution in [3.8, 4) is 89.3 Å². The van der Waals surface area contributed by atoms with Crippen LogP contribution in [0.15, 0.2) is 320 Å². The van der Waals surface area contributed by atoms with Crippen LogP contribution in [0.1, 0.15) is 107 Å². The topological polar surface area (TPSA) is 75.5 Å². The Labute approximate surface area is 631 Å². The molecule has 15 aromatic rings. The predicted octanol–water partition coefficient (Wildman–Crippen LogP) is 25.4. The highest BCUT2D eigenvalue weighted by Crippen LogP contribution is 2.54. The minimum Gasteiger partial charge on any atom is -0.537 e. The number of carbonyl (C=O) groups excluding carboxylic acids is 1. The summed E-state index contributed by atoms with van der Waals surface area (Å²) in [4.78, 5) is 11.2. The fraction of sp³-hybridized carbons (Fsp3) is 0.133. The molecule has 517 valence electrons. The number of halogens is 1. The number of carbonyl (C=O) groups is 1. The van der Waals surface area contributed by atoms with Crippen LogP contribution >= 0.6 is 15.9 Å². The van der Waals surface area contributed by atoms with Gasteiger partial charge in [-0.25, -0.2) is 0 Å². The zero-order valence-electron chi connectivity index (χ0n) is 61.2. The summed E-state index contributed by atoms with van der Waals surface area (Å²) >= 11 is 3.51. The van der Waals surface area contributed by atoms with Crippen LogP contribution in [-0.4, -0.2) is 23.2 Å². The number of nitrogens with zero attached hydrogens (tertiary/aromatic N) is 1. The summed E-state index contributed by atoms with van der Waals surface area (Å²) in [6, 6.07) is 112. The standard InChI is InChI=1S/C39H30N2.C23H21NO.C21H17Br.C15H14BO2/c1-39(2)35-12-6-3-9-31(35)32-24-21-29(25-36(32)39)40-28-19-15-26(16-20-28)27-17-22-30(23-18-27)41-37-13-7-4-10-33(37)34-11-5-8-14-38(34)41;1-15(25)24-18-11-8-16(9-12-18)17-10-13-20-19-6-4-5-7-21(19)23(2,3)22(20)14-17;1-21(2)19-6-4-3-5-17(19)18-12-9-15(13-20(18)21)14-7-10-16(22)11-8-14;1-15(2)13-6-4-3-5-11(13)12-8-7-10(18-16-17)9-14(12)15/h3-25,40H,1-2H3;4-14H,1-3H3,(H,24,25);3-13H,1-2H3;3-9,17H,1-2H3. The Hall–Kier alpha value is -11.5. The van der Waals surface area contributed by atoms with Crippen LogP contribution in [0.2, 0.25) is 0 Å². The highest BCUT2D eigenvalue weighted by atomic mass is 79.9. The van der Waals surface area contributed by atoms with Crippen molar-refractivity contribution >= 4 is 68.4 Å². The number of hydrogen-bond acceptors (Lipinski definition) is 4. The molecule has 1 heterocycles. The third-order valence-corrected chi connectivity index (χ3v) is 23.0. The number of amides is 1. The van der Waals surface area contributed by atoms with Crippen LogP contribution in [0.4, 0.5) is 17.1 Å². The van der Waals surface area contributed by atoms with E-state index < -0.39 is 0 Å². The number of para-hydroxylation sites is 2. The van der Waals surface area contributed by atoms with Gasteiger partial charge in [0.2, 0.25) is 5.91 Å². The van der Waals surface area contributed by atoms with Crippen molar-refractivity contribution in [3.63, 3.8) is 0 Å². The molecule has 0 spiro atoms. The lowest BCUT2D eigenvalue weighted by Crippen LogP contribution is -2.15. The molecule has 4 aliphatic carbocycles. The molecule has 1 radical (unpaired) electrons. The predicted molar refractivity (Wildman–Crippen MR) is 447 cm³/mol. The molecule has 0 atom stereocenters. The van der Waals surface area contributed by atoms with Crippen LogP contribution in [0.25, 0.3) is 105 Å². The van der Waals surface area contributed by atoms with Crippen molar-refractivity contribution in [2.24, 2.45) is 0 Å². The molecule has 4 aliphatic rings. The molecule has 0 bridgehead atoms. The van der Waals surface area contributed by atoms with Crippen LogP contribution in [0, 0.1) is 0 Å². The highest BCUT2D eigenvalue weighted by Gasteiger charge is 2.39. The molecule has 1 aromatic heterocycles. The van der Waals surface area contributed by atoms with Gasteiger partial charge < -0.3 is 24.9 Å². The molecule has 8 heteroatoms. The largest absolute Gasteiger partial charge is 0.569 e. The van der Waals surface area contributed by atoms with E-state index in [1.54, 1.807) is 0 Å². The van der Waals surface area contributed by atoms with E-state index >= 15 is 0 Å². The lowest BCUT2D eigenvalue weighted by Gasteiger charge is -2.22. The molecule has 0 unspecified atom stereocenters. The van der Waals surface area contributed by atoms with Crippen LogP contribution in [0.3, 0.4) is 0 Å². The minimum atomic E-state index is -0.0511. The van der Waals surface area contributed by atoms with Gasteiger partial charge in [0.15, 0.2) is 0 Å². The van der Waals surface area contributed by atoms with Gasteiger partial charge in [-0.05, 0) is 219 Å². The Kier molecular flexibility index (Phi) is 17.9. The maximum Gasteiger partial charge on any atom is 0.569 e. The molecular weight excluding hydrogens is 1360 g/mol. The molecule has 0 fully saturated rings. The van der Waals surface area contributed by atoms with Gasteiger partial charge >= 0.3 is 7.69 Å². The summed E-state index contributed by atoms with van der Waals surface area (Å²) in [6.07, 6.45) is 0. The third-order valence-electron chi connectivity index (χ3n) is 22.4. The van der Waals surface area contributed by atoms with Gasteiger partial charge in [-0.3, -0.25) is 4.79 Å². The quantitative estimate of drug-likeness (QED) is 0.126. The lowest BCUT2D eigenvalue weighted by atomic mass is 9.81.